The molecule has 0 bridgehead atoms. The summed E-state index contributed by atoms with van der Waals surface area (Å²) in [5.74, 6) is 0.753. The van der Waals surface area contributed by atoms with Crippen LogP contribution in [0, 0.1) is 12.8 Å². The highest BCUT2D eigenvalue weighted by molar-refractivity contribution is 5.62. The second kappa shape index (κ2) is 7.17. The van der Waals surface area contributed by atoms with Crippen molar-refractivity contribution in [2.24, 2.45) is 5.92 Å². The van der Waals surface area contributed by atoms with Gasteiger partial charge in [-0.25, -0.2) is 0 Å². The Bertz CT molecular complexity index is 456. The minimum Gasteiger partial charge on any atom is -0.382 e. The SMILES string of the molecule is CCN1CCCC(C(C)Nc2ccc(C)c(N(C)C)c2)C1. The Kier molecular flexibility index (Phi) is 5.51. The summed E-state index contributed by atoms with van der Waals surface area (Å²) in [5.41, 5.74) is 3.87. The Balaban J connectivity index is 2.02. The zero-order valence-electron chi connectivity index (χ0n) is 14.3. The lowest BCUT2D eigenvalue weighted by atomic mass is 9.91. The van der Waals surface area contributed by atoms with E-state index in [4.69, 9.17) is 0 Å². The first kappa shape index (κ1) is 16.2. The maximum Gasteiger partial charge on any atom is 0.0411 e. The van der Waals surface area contributed by atoms with Gasteiger partial charge in [-0.2, -0.15) is 0 Å². The first-order chi connectivity index (χ1) is 10.0. The molecule has 3 heteroatoms. The third-order valence-electron chi connectivity index (χ3n) is 4.78. The van der Waals surface area contributed by atoms with Gasteiger partial charge in [-0.15, -0.1) is 0 Å². The van der Waals surface area contributed by atoms with Crippen molar-refractivity contribution in [3.05, 3.63) is 23.8 Å². The fourth-order valence-electron chi connectivity index (χ4n) is 3.35. The Morgan fingerprint density at radius 3 is 2.81 bits per heavy atom. The molecule has 2 atom stereocenters. The highest BCUT2D eigenvalue weighted by Gasteiger charge is 2.23. The molecule has 0 saturated carbocycles. The van der Waals surface area contributed by atoms with Crippen LogP contribution >= 0.6 is 0 Å². The standard InChI is InChI=1S/C18H31N3/c1-6-21-11-7-8-16(13-21)15(3)19-17-10-9-14(2)18(12-17)20(4)5/h9-10,12,15-16,19H,6-8,11,13H2,1-5H3. The minimum atomic E-state index is 0.525. The van der Waals surface area contributed by atoms with Gasteiger partial charge in [-0.1, -0.05) is 13.0 Å². The maximum absolute atomic E-state index is 3.73. The van der Waals surface area contributed by atoms with Gasteiger partial charge in [-0.3, -0.25) is 0 Å². The number of likely N-dealkylation sites (tertiary alicyclic amines) is 1. The van der Waals surface area contributed by atoms with Crippen molar-refractivity contribution in [3.8, 4) is 0 Å². The zero-order valence-corrected chi connectivity index (χ0v) is 14.3. The van der Waals surface area contributed by atoms with Crippen LogP contribution in [0.25, 0.3) is 0 Å². The predicted octanol–water partition coefficient (Wildman–Crippen LogP) is 3.59. The molecule has 0 spiro atoms. The molecule has 1 fully saturated rings. The van der Waals surface area contributed by atoms with Crippen molar-refractivity contribution in [2.45, 2.75) is 39.7 Å². The number of anilines is 2. The molecule has 1 saturated heterocycles. The van der Waals surface area contributed by atoms with E-state index in [9.17, 15) is 0 Å². The van der Waals surface area contributed by atoms with Gasteiger partial charge in [0, 0.05) is 38.1 Å². The molecule has 1 N–H and O–H groups in total. The van der Waals surface area contributed by atoms with E-state index in [1.165, 1.54) is 49.4 Å². The zero-order chi connectivity index (χ0) is 15.4. The average Bonchev–Trinajstić information content (AvgIpc) is 2.49. The van der Waals surface area contributed by atoms with Crippen molar-refractivity contribution in [1.29, 1.82) is 0 Å². The molecule has 0 radical (unpaired) electrons. The molecule has 1 aromatic rings. The number of rotatable bonds is 5. The number of nitrogens with one attached hydrogen (secondary N) is 1. The summed E-state index contributed by atoms with van der Waals surface area (Å²) in [5, 5.41) is 3.73. The minimum absolute atomic E-state index is 0.525. The normalized spacial score (nSPS) is 21.1. The van der Waals surface area contributed by atoms with Crippen molar-refractivity contribution >= 4 is 11.4 Å². The van der Waals surface area contributed by atoms with Crippen LogP contribution in [-0.4, -0.2) is 44.7 Å². The molecule has 1 aliphatic heterocycles. The molecule has 2 unspecified atom stereocenters. The number of piperidine rings is 1. The number of hydrogen-bond donors (Lipinski definition) is 1. The van der Waals surface area contributed by atoms with E-state index in [0.717, 1.165) is 5.92 Å². The molecule has 21 heavy (non-hydrogen) atoms. The molecule has 3 nitrogen and oxygen atoms in total. The quantitative estimate of drug-likeness (QED) is 0.893. The van der Waals surface area contributed by atoms with Crippen molar-refractivity contribution < 1.29 is 0 Å². The van der Waals surface area contributed by atoms with Gasteiger partial charge in [0.25, 0.3) is 0 Å². The van der Waals surface area contributed by atoms with Gasteiger partial charge in [0.05, 0.1) is 0 Å². The molecule has 2 rings (SSSR count). The second-order valence-corrected chi connectivity index (χ2v) is 6.62. The van der Waals surface area contributed by atoms with Gasteiger partial charge >= 0.3 is 0 Å². The summed E-state index contributed by atoms with van der Waals surface area (Å²) >= 11 is 0. The topological polar surface area (TPSA) is 18.5 Å². The van der Waals surface area contributed by atoms with Gasteiger partial charge in [0.15, 0.2) is 0 Å². The monoisotopic (exact) mass is 289 g/mol. The van der Waals surface area contributed by atoms with Crippen LogP contribution in [0.15, 0.2) is 18.2 Å². The van der Waals surface area contributed by atoms with E-state index >= 15 is 0 Å². The number of aryl methyl sites for hydroxylation is 1. The third kappa shape index (κ3) is 4.13. The Labute approximate surface area is 130 Å². The molecular formula is C18H31N3. The Morgan fingerprint density at radius 2 is 2.14 bits per heavy atom. The van der Waals surface area contributed by atoms with E-state index in [-0.39, 0.29) is 0 Å². The predicted molar refractivity (Wildman–Crippen MR) is 93.4 cm³/mol. The van der Waals surface area contributed by atoms with Crippen LogP contribution in [0.5, 0.6) is 0 Å². The number of benzene rings is 1. The smallest absolute Gasteiger partial charge is 0.0411 e. The maximum atomic E-state index is 3.73. The third-order valence-corrected chi connectivity index (χ3v) is 4.78. The highest BCUT2D eigenvalue weighted by atomic mass is 15.1. The highest BCUT2D eigenvalue weighted by Crippen LogP contribution is 2.26. The first-order valence-electron chi connectivity index (χ1n) is 8.28. The number of nitrogens with zero attached hydrogens (tertiary/aromatic N) is 2. The molecule has 1 aliphatic rings. The molecule has 118 valence electrons. The Hall–Kier alpha value is -1.22. The van der Waals surface area contributed by atoms with Crippen molar-refractivity contribution in [3.63, 3.8) is 0 Å². The fraction of sp³-hybridized carbons (Fsp3) is 0.667. The van der Waals surface area contributed by atoms with E-state index < -0.39 is 0 Å². The van der Waals surface area contributed by atoms with Crippen LogP contribution in [0.2, 0.25) is 0 Å². The molecule has 1 heterocycles. The van der Waals surface area contributed by atoms with Crippen LogP contribution in [0.1, 0.15) is 32.3 Å². The largest absolute Gasteiger partial charge is 0.382 e. The van der Waals surface area contributed by atoms with Gasteiger partial charge in [0.1, 0.15) is 0 Å². The molecule has 0 amide bonds. The fourth-order valence-corrected chi connectivity index (χ4v) is 3.35. The van der Waals surface area contributed by atoms with Crippen molar-refractivity contribution in [1.82, 2.24) is 4.90 Å². The average molecular weight is 289 g/mol. The van der Waals surface area contributed by atoms with E-state index in [1.54, 1.807) is 0 Å². The van der Waals surface area contributed by atoms with Gasteiger partial charge < -0.3 is 15.1 Å². The summed E-state index contributed by atoms with van der Waals surface area (Å²) in [6.07, 6.45) is 2.68. The van der Waals surface area contributed by atoms with Gasteiger partial charge in [-0.05, 0) is 63.4 Å². The lowest BCUT2D eigenvalue weighted by molar-refractivity contribution is 0.172. The van der Waals surface area contributed by atoms with Gasteiger partial charge in [0.2, 0.25) is 0 Å². The van der Waals surface area contributed by atoms with Crippen LogP contribution in [0.4, 0.5) is 11.4 Å². The molecular weight excluding hydrogens is 258 g/mol. The lowest BCUT2D eigenvalue weighted by Crippen LogP contribution is -2.41. The molecule has 1 aromatic carbocycles. The summed E-state index contributed by atoms with van der Waals surface area (Å²) in [6.45, 7) is 10.5. The Morgan fingerprint density at radius 1 is 1.38 bits per heavy atom. The summed E-state index contributed by atoms with van der Waals surface area (Å²) in [7, 11) is 4.21. The molecule has 0 aromatic heterocycles. The molecule has 0 aliphatic carbocycles. The van der Waals surface area contributed by atoms with E-state index in [0.29, 0.717) is 6.04 Å². The lowest BCUT2D eigenvalue weighted by Gasteiger charge is -2.36. The van der Waals surface area contributed by atoms with Crippen LogP contribution in [-0.2, 0) is 0 Å². The van der Waals surface area contributed by atoms with E-state index in [2.05, 4.69) is 68.2 Å². The number of hydrogen-bond acceptors (Lipinski definition) is 3. The van der Waals surface area contributed by atoms with Crippen molar-refractivity contribution in [2.75, 3.05) is 43.9 Å². The van der Waals surface area contributed by atoms with E-state index in [1.807, 2.05) is 0 Å². The first-order valence-corrected chi connectivity index (χ1v) is 8.28. The van der Waals surface area contributed by atoms with Crippen LogP contribution < -0.4 is 10.2 Å². The summed E-state index contributed by atoms with van der Waals surface area (Å²) in [4.78, 5) is 4.76. The van der Waals surface area contributed by atoms with Crippen LogP contribution in [0.3, 0.4) is 0 Å². The summed E-state index contributed by atoms with van der Waals surface area (Å²) in [6, 6.07) is 7.21. The second-order valence-electron chi connectivity index (χ2n) is 6.62. The summed E-state index contributed by atoms with van der Waals surface area (Å²) < 4.78 is 0.